The van der Waals surface area contributed by atoms with Crippen LogP contribution in [0.5, 0.6) is 0 Å². The van der Waals surface area contributed by atoms with Crippen LogP contribution >= 0.6 is 11.3 Å². The number of nitrogens with one attached hydrogen (secondary N) is 1. The molecule has 7 nitrogen and oxygen atoms in total. The van der Waals surface area contributed by atoms with E-state index in [1.165, 1.54) is 4.68 Å². The lowest BCUT2D eigenvalue weighted by molar-refractivity contribution is -0.121. The van der Waals surface area contributed by atoms with Crippen LogP contribution in [-0.2, 0) is 30.7 Å². The van der Waals surface area contributed by atoms with Crippen molar-refractivity contribution in [1.82, 2.24) is 24.6 Å². The molecule has 1 aromatic carbocycles. The van der Waals surface area contributed by atoms with Crippen molar-refractivity contribution in [2.45, 2.75) is 45.2 Å². The van der Waals surface area contributed by atoms with Gasteiger partial charge in [0, 0.05) is 25.9 Å². The number of carbonyl (C=O) groups excluding carboxylic acids is 1. The number of nitrogens with zero attached hydrogens (tertiary/aromatic N) is 4. The third kappa shape index (κ3) is 3.55. The highest BCUT2D eigenvalue weighted by Crippen LogP contribution is 2.21. The van der Waals surface area contributed by atoms with E-state index in [-0.39, 0.29) is 18.1 Å². The summed E-state index contributed by atoms with van der Waals surface area (Å²) in [5, 5.41) is 8.20. The standard InChI is InChI=1S/C18H21N5O2S/c24-16(12-23-18(25)22-11-5-1-2-8-15(22)21-23)19-10-9-17-20-13-6-3-4-7-14(13)26-17/h3-4,6-7H,1-2,5,8-12H2,(H,19,24). The van der Waals surface area contributed by atoms with E-state index in [0.717, 1.165) is 46.7 Å². The van der Waals surface area contributed by atoms with Crippen LogP contribution < -0.4 is 11.0 Å². The number of fused-ring (bicyclic) bond motifs is 2. The smallest absolute Gasteiger partial charge is 0.346 e. The van der Waals surface area contributed by atoms with Gasteiger partial charge in [-0.2, -0.15) is 5.10 Å². The Morgan fingerprint density at radius 1 is 1.23 bits per heavy atom. The van der Waals surface area contributed by atoms with Gasteiger partial charge >= 0.3 is 5.69 Å². The van der Waals surface area contributed by atoms with Crippen molar-refractivity contribution in [3.8, 4) is 0 Å². The lowest BCUT2D eigenvalue weighted by Gasteiger charge is -2.03. The Labute approximate surface area is 154 Å². The Bertz CT molecular complexity index is 954. The van der Waals surface area contributed by atoms with Gasteiger partial charge in [0.15, 0.2) is 0 Å². The number of hydrogen-bond acceptors (Lipinski definition) is 5. The van der Waals surface area contributed by atoms with Crippen LogP contribution in [0.4, 0.5) is 0 Å². The zero-order chi connectivity index (χ0) is 17.9. The largest absolute Gasteiger partial charge is 0.354 e. The SMILES string of the molecule is O=C(Cn1nc2n(c1=O)CCCCC2)NCCc1nc2ccccc2s1. The second-order valence-electron chi connectivity index (χ2n) is 6.49. The van der Waals surface area contributed by atoms with Crippen molar-refractivity contribution in [2.24, 2.45) is 0 Å². The highest BCUT2D eigenvalue weighted by molar-refractivity contribution is 7.18. The Kier molecular flexibility index (Phi) is 4.83. The van der Waals surface area contributed by atoms with Crippen molar-refractivity contribution in [2.75, 3.05) is 6.54 Å². The number of carbonyl (C=O) groups is 1. The second-order valence-corrected chi connectivity index (χ2v) is 7.61. The molecule has 1 amide bonds. The van der Waals surface area contributed by atoms with Gasteiger partial charge < -0.3 is 5.32 Å². The van der Waals surface area contributed by atoms with Gasteiger partial charge in [-0.3, -0.25) is 9.36 Å². The molecule has 0 fully saturated rings. The van der Waals surface area contributed by atoms with Gasteiger partial charge in [0.05, 0.1) is 15.2 Å². The fraction of sp³-hybridized carbons (Fsp3) is 0.444. The zero-order valence-electron chi connectivity index (χ0n) is 14.5. The minimum atomic E-state index is -0.193. The predicted molar refractivity (Wildman–Crippen MR) is 100 cm³/mol. The van der Waals surface area contributed by atoms with E-state index in [0.29, 0.717) is 19.5 Å². The van der Waals surface area contributed by atoms with E-state index >= 15 is 0 Å². The van der Waals surface area contributed by atoms with Gasteiger partial charge in [0.1, 0.15) is 12.4 Å². The summed E-state index contributed by atoms with van der Waals surface area (Å²) in [4.78, 5) is 29.1. The van der Waals surface area contributed by atoms with Crippen LogP contribution in [0, 0.1) is 0 Å². The molecule has 0 saturated heterocycles. The van der Waals surface area contributed by atoms with Crippen molar-refractivity contribution in [1.29, 1.82) is 0 Å². The Morgan fingerprint density at radius 3 is 3.00 bits per heavy atom. The van der Waals surface area contributed by atoms with Gasteiger partial charge in [-0.05, 0) is 25.0 Å². The van der Waals surface area contributed by atoms with Crippen LogP contribution in [0.2, 0.25) is 0 Å². The molecule has 1 aliphatic heterocycles. The normalized spacial score (nSPS) is 14.2. The molecule has 0 spiro atoms. The van der Waals surface area contributed by atoms with E-state index in [1.54, 1.807) is 15.9 Å². The fourth-order valence-corrected chi connectivity index (χ4v) is 4.22. The monoisotopic (exact) mass is 371 g/mol. The molecule has 3 aromatic rings. The van der Waals surface area contributed by atoms with Crippen molar-refractivity contribution < 1.29 is 4.79 Å². The number of para-hydroxylation sites is 1. The molecule has 0 unspecified atom stereocenters. The van der Waals surface area contributed by atoms with Crippen LogP contribution in [0.25, 0.3) is 10.2 Å². The molecule has 1 N–H and O–H groups in total. The summed E-state index contributed by atoms with van der Waals surface area (Å²) in [5.74, 6) is 0.608. The molecule has 8 heteroatoms. The Morgan fingerprint density at radius 2 is 2.12 bits per heavy atom. The third-order valence-electron chi connectivity index (χ3n) is 4.57. The first-order valence-corrected chi connectivity index (χ1v) is 9.80. The Hall–Kier alpha value is -2.48. The highest BCUT2D eigenvalue weighted by Gasteiger charge is 2.17. The maximum atomic E-state index is 12.4. The van der Waals surface area contributed by atoms with E-state index in [2.05, 4.69) is 15.4 Å². The first kappa shape index (κ1) is 17.0. The Balaban J connectivity index is 1.33. The number of thiazole rings is 1. The van der Waals surface area contributed by atoms with E-state index in [9.17, 15) is 9.59 Å². The molecule has 0 aliphatic carbocycles. The first-order chi connectivity index (χ1) is 12.7. The molecule has 1 aliphatic rings. The average Bonchev–Trinajstić information content (AvgIpc) is 3.07. The number of aryl methyl sites for hydroxylation is 1. The summed E-state index contributed by atoms with van der Waals surface area (Å²) in [7, 11) is 0. The van der Waals surface area contributed by atoms with Gasteiger partial charge in [0.2, 0.25) is 5.91 Å². The van der Waals surface area contributed by atoms with Gasteiger partial charge in [0.25, 0.3) is 0 Å². The summed E-state index contributed by atoms with van der Waals surface area (Å²) in [6, 6.07) is 8.00. The van der Waals surface area contributed by atoms with Crippen LogP contribution in [0.15, 0.2) is 29.1 Å². The number of hydrogen-bond donors (Lipinski definition) is 1. The summed E-state index contributed by atoms with van der Waals surface area (Å²) in [6.45, 7) is 1.17. The highest BCUT2D eigenvalue weighted by atomic mass is 32.1. The molecule has 0 bridgehead atoms. The number of rotatable bonds is 5. The minimum absolute atomic E-state index is 0.0291. The maximum absolute atomic E-state index is 12.4. The van der Waals surface area contributed by atoms with E-state index < -0.39 is 0 Å². The quantitative estimate of drug-likeness (QED) is 0.741. The van der Waals surface area contributed by atoms with Crippen molar-refractivity contribution in [3.05, 3.63) is 45.6 Å². The van der Waals surface area contributed by atoms with Crippen molar-refractivity contribution >= 4 is 27.5 Å². The molecule has 4 rings (SSSR count). The summed E-state index contributed by atoms with van der Waals surface area (Å²) in [6.07, 6.45) is 4.65. The lowest BCUT2D eigenvalue weighted by atomic mass is 10.2. The molecule has 0 atom stereocenters. The first-order valence-electron chi connectivity index (χ1n) is 8.98. The molecular weight excluding hydrogens is 350 g/mol. The molecule has 0 saturated carbocycles. The minimum Gasteiger partial charge on any atom is -0.354 e. The summed E-state index contributed by atoms with van der Waals surface area (Å²) in [5.41, 5.74) is 0.813. The fourth-order valence-electron chi connectivity index (χ4n) is 3.26. The summed E-state index contributed by atoms with van der Waals surface area (Å²) >= 11 is 1.64. The van der Waals surface area contributed by atoms with Gasteiger partial charge in [-0.25, -0.2) is 14.5 Å². The molecule has 2 aromatic heterocycles. The lowest BCUT2D eigenvalue weighted by Crippen LogP contribution is -2.34. The van der Waals surface area contributed by atoms with E-state index in [4.69, 9.17) is 0 Å². The van der Waals surface area contributed by atoms with Crippen LogP contribution in [0.1, 0.15) is 30.1 Å². The third-order valence-corrected chi connectivity index (χ3v) is 5.67. The second kappa shape index (κ2) is 7.41. The van der Waals surface area contributed by atoms with Gasteiger partial charge in [-0.15, -0.1) is 11.3 Å². The number of amides is 1. The summed E-state index contributed by atoms with van der Waals surface area (Å²) < 4.78 is 4.15. The van der Waals surface area contributed by atoms with Crippen molar-refractivity contribution in [3.63, 3.8) is 0 Å². The molecule has 0 radical (unpaired) electrons. The topological polar surface area (TPSA) is 81.8 Å². The van der Waals surface area contributed by atoms with Crippen LogP contribution in [-0.4, -0.2) is 31.8 Å². The predicted octanol–water partition coefficient (Wildman–Crippen LogP) is 1.74. The number of aromatic nitrogens is 4. The molecule has 3 heterocycles. The maximum Gasteiger partial charge on any atom is 0.346 e. The molecule has 136 valence electrons. The average molecular weight is 371 g/mol. The molecule has 26 heavy (non-hydrogen) atoms. The van der Waals surface area contributed by atoms with Gasteiger partial charge in [-0.1, -0.05) is 18.6 Å². The van der Waals surface area contributed by atoms with Crippen LogP contribution in [0.3, 0.4) is 0 Å². The number of benzene rings is 1. The molecular formula is C18H21N5O2S. The zero-order valence-corrected chi connectivity index (χ0v) is 15.3. The van der Waals surface area contributed by atoms with E-state index in [1.807, 2.05) is 24.3 Å².